The molecule has 0 aliphatic carbocycles. The molecular formula is C21H17F3N6O. The van der Waals surface area contributed by atoms with Crippen LogP contribution in [-0.4, -0.2) is 30.5 Å². The van der Waals surface area contributed by atoms with Gasteiger partial charge in [-0.1, -0.05) is 32.0 Å². The normalized spacial score (nSPS) is 11.8. The second-order valence-electron chi connectivity index (χ2n) is 7.09. The van der Waals surface area contributed by atoms with Gasteiger partial charge in [0.2, 0.25) is 0 Å². The molecule has 3 heterocycles. The number of anilines is 1. The number of nitrogens with zero attached hydrogens (tertiary/aromatic N) is 5. The highest BCUT2D eigenvalue weighted by molar-refractivity contribution is 6.04. The van der Waals surface area contributed by atoms with Gasteiger partial charge >= 0.3 is 6.18 Å². The summed E-state index contributed by atoms with van der Waals surface area (Å²) in [7, 11) is 0. The number of alkyl halides is 3. The Morgan fingerprint density at radius 1 is 1.10 bits per heavy atom. The molecule has 10 heteroatoms. The molecule has 0 fully saturated rings. The van der Waals surface area contributed by atoms with Crippen LogP contribution >= 0.6 is 0 Å². The van der Waals surface area contributed by atoms with Crippen molar-refractivity contribution >= 4 is 17.2 Å². The standard InChI is InChI=1S/C21H17F3N6O/c1-12(2)18-25-9-7-16(27-18)20(31)29-17-11-26-30-10-8-15(28-19(17)30)13-5-3-4-6-14(13)21(22,23)24/h3-12H,1-2H3,(H,29,31). The van der Waals surface area contributed by atoms with E-state index in [4.69, 9.17) is 0 Å². The molecule has 1 N–H and O–H groups in total. The van der Waals surface area contributed by atoms with Gasteiger partial charge < -0.3 is 5.32 Å². The van der Waals surface area contributed by atoms with E-state index in [1.807, 2.05) is 13.8 Å². The first-order chi connectivity index (χ1) is 14.7. The molecule has 7 nitrogen and oxygen atoms in total. The van der Waals surface area contributed by atoms with E-state index in [0.717, 1.165) is 6.07 Å². The summed E-state index contributed by atoms with van der Waals surface area (Å²) in [6.07, 6.45) is -0.160. The Labute approximate surface area is 175 Å². The second kappa shape index (κ2) is 7.78. The monoisotopic (exact) mass is 426 g/mol. The third-order valence-electron chi connectivity index (χ3n) is 4.55. The number of fused-ring (bicyclic) bond motifs is 1. The highest BCUT2D eigenvalue weighted by Gasteiger charge is 2.33. The molecule has 158 valence electrons. The van der Waals surface area contributed by atoms with Gasteiger partial charge in [0.05, 0.1) is 17.5 Å². The number of hydrogen-bond donors (Lipinski definition) is 1. The van der Waals surface area contributed by atoms with Gasteiger partial charge in [-0.15, -0.1) is 0 Å². The zero-order valence-corrected chi connectivity index (χ0v) is 16.6. The van der Waals surface area contributed by atoms with Gasteiger partial charge in [0.15, 0.2) is 5.65 Å². The first-order valence-corrected chi connectivity index (χ1v) is 9.39. The van der Waals surface area contributed by atoms with Crippen molar-refractivity contribution in [1.82, 2.24) is 24.6 Å². The predicted octanol–water partition coefficient (Wildman–Crippen LogP) is 4.58. The maximum Gasteiger partial charge on any atom is 0.417 e. The summed E-state index contributed by atoms with van der Waals surface area (Å²) >= 11 is 0. The van der Waals surface area contributed by atoms with Crippen LogP contribution in [0.4, 0.5) is 18.9 Å². The number of hydrogen-bond acceptors (Lipinski definition) is 5. The molecule has 4 rings (SSSR count). The van der Waals surface area contributed by atoms with E-state index in [-0.39, 0.29) is 34.2 Å². The van der Waals surface area contributed by atoms with E-state index in [1.54, 1.807) is 0 Å². The molecule has 0 aliphatic rings. The number of halogens is 3. The van der Waals surface area contributed by atoms with E-state index < -0.39 is 17.6 Å². The van der Waals surface area contributed by atoms with Crippen LogP contribution in [-0.2, 0) is 6.18 Å². The van der Waals surface area contributed by atoms with Gasteiger partial charge in [-0.05, 0) is 18.2 Å². The minimum Gasteiger partial charge on any atom is -0.316 e. The summed E-state index contributed by atoms with van der Waals surface area (Å²) in [5.41, 5.74) is -0.119. The maximum absolute atomic E-state index is 13.4. The molecule has 0 unspecified atom stereocenters. The molecule has 0 radical (unpaired) electrons. The number of rotatable bonds is 4. The average Bonchev–Trinajstić information content (AvgIpc) is 3.15. The number of carbonyl (C=O) groups excluding carboxylic acids is 1. The Bertz CT molecular complexity index is 1270. The van der Waals surface area contributed by atoms with E-state index >= 15 is 0 Å². The number of benzene rings is 1. The largest absolute Gasteiger partial charge is 0.417 e. The summed E-state index contributed by atoms with van der Waals surface area (Å²) in [4.78, 5) is 25.4. The topological polar surface area (TPSA) is 85.1 Å². The van der Waals surface area contributed by atoms with Crippen molar-refractivity contribution in [1.29, 1.82) is 0 Å². The van der Waals surface area contributed by atoms with Gasteiger partial charge in [-0.2, -0.15) is 18.3 Å². The van der Waals surface area contributed by atoms with Gasteiger partial charge in [-0.25, -0.2) is 19.5 Å². The lowest BCUT2D eigenvalue weighted by atomic mass is 10.0. The second-order valence-corrected chi connectivity index (χ2v) is 7.09. The predicted molar refractivity (Wildman–Crippen MR) is 107 cm³/mol. The van der Waals surface area contributed by atoms with Crippen LogP contribution in [0, 0.1) is 0 Å². The van der Waals surface area contributed by atoms with E-state index in [1.165, 1.54) is 53.4 Å². The van der Waals surface area contributed by atoms with E-state index in [0.29, 0.717) is 5.82 Å². The molecule has 3 aromatic heterocycles. The molecule has 31 heavy (non-hydrogen) atoms. The summed E-state index contributed by atoms with van der Waals surface area (Å²) in [5.74, 6) is 0.0708. The highest BCUT2D eigenvalue weighted by atomic mass is 19.4. The molecule has 0 atom stereocenters. The Morgan fingerprint density at radius 2 is 1.87 bits per heavy atom. The van der Waals surface area contributed by atoms with E-state index in [2.05, 4.69) is 25.4 Å². The highest BCUT2D eigenvalue weighted by Crippen LogP contribution is 2.36. The van der Waals surface area contributed by atoms with Crippen molar-refractivity contribution in [2.45, 2.75) is 25.9 Å². The Balaban J connectivity index is 1.71. The number of aromatic nitrogens is 5. The lowest BCUT2D eigenvalue weighted by Crippen LogP contribution is -2.15. The minimum atomic E-state index is -4.52. The fourth-order valence-electron chi connectivity index (χ4n) is 3.03. The lowest BCUT2D eigenvalue weighted by molar-refractivity contribution is -0.137. The number of carbonyl (C=O) groups is 1. The zero-order chi connectivity index (χ0) is 22.2. The third kappa shape index (κ3) is 4.09. The third-order valence-corrected chi connectivity index (χ3v) is 4.55. The van der Waals surface area contributed by atoms with Crippen molar-refractivity contribution in [2.75, 3.05) is 5.32 Å². The molecule has 0 spiro atoms. The molecule has 1 aromatic carbocycles. The van der Waals surface area contributed by atoms with Gasteiger partial charge in [-0.3, -0.25) is 4.79 Å². The summed E-state index contributed by atoms with van der Waals surface area (Å²) < 4.78 is 41.6. The van der Waals surface area contributed by atoms with Crippen molar-refractivity contribution in [3.05, 3.63) is 72.1 Å². The van der Waals surface area contributed by atoms with Crippen molar-refractivity contribution in [3.63, 3.8) is 0 Å². The minimum absolute atomic E-state index is 0.0441. The van der Waals surface area contributed by atoms with Gasteiger partial charge in [0.1, 0.15) is 17.2 Å². The molecule has 0 saturated heterocycles. The summed E-state index contributed by atoms with van der Waals surface area (Å²) in [5, 5.41) is 6.78. The summed E-state index contributed by atoms with van der Waals surface area (Å²) in [6.45, 7) is 3.82. The van der Waals surface area contributed by atoms with E-state index in [9.17, 15) is 18.0 Å². The van der Waals surface area contributed by atoms with Crippen LogP contribution in [0.1, 0.15) is 41.6 Å². The van der Waals surface area contributed by atoms with Crippen LogP contribution in [0.3, 0.4) is 0 Å². The van der Waals surface area contributed by atoms with Crippen LogP contribution in [0.5, 0.6) is 0 Å². The smallest absolute Gasteiger partial charge is 0.316 e. The number of amides is 1. The SMILES string of the molecule is CC(C)c1nccc(C(=O)Nc2cnn3ccc(-c4ccccc4C(F)(F)F)nc23)n1. The van der Waals surface area contributed by atoms with Crippen LogP contribution in [0.2, 0.25) is 0 Å². The quantitative estimate of drug-likeness (QED) is 0.516. The first-order valence-electron chi connectivity index (χ1n) is 9.39. The van der Waals surface area contributed by atoms with Crippen molar-refractivity contribution < 1.29 is 18.0 Å². The Kier molecular flexibility index (Phi) is 5.14. The fraction of sp³-hybridized carbons (Fsp3) is 0.190. The molecule has 0 aliphatic heterocycles. The molecule has 4 aromatic rings. The Hall–Kier alpha value is -3.82. The summed E-state index contributed by atoms with van der Waals surface area (Å²) in [6, 6.07) is 8.10. The Morgan fingerprint density at radius 3 is 2.61 bits per heavy atom. The fourth-order valence-corrected chi connectivity index (χ4v) is 3.03. The molecule has 1 amide bonds. The molecule has 0 bridgehead atoms. The average molecular weight is 426 g/mol. The van der Waals surface area contributed by atoms with Crippen LogP contribution in [0.25, 0.3) is 16.9 Å². The first kappa shape index (κ1) is 20.5. The molecule has 0 saturated carbocycles. The van der Waals surface area contributed by atoms with Crippen LogP contribution in [0.15, 0.2) is 55.0 Å². The van der Waals surface area contributed by atoms with Crippen molar-refractivity contribution in [2.24, 2.45) is 0 Å². The molecular weight excluding hydrogens is 409 g/mol. The van der Waals surface area contributed by atoms with Crippen LogP contribution < -0.4 is 5.32 Å². The van der Waals surface area contributed by atoms with Crippen molar-refractivity contribution in [3.8, 4) is 11.3 Å². The lowest BCUT2D eigenvalue weighted by Gasteiger charge is -2.12. The van der Waals surface area contributed by atoms with Gasteiger partial charge in [0, 0.05) is 23.9 Å². The van der Waals surface area contributed by atoms with Gasteiger partial charge in [0.25, 0.3) is 5.91 Å². The maximum atomic E-state index is 13.4. The number of nitrogens with one attached hydrogen (secondary N) is 1. The zero-order valence-electron chi connectivity index (χ0n) is 16.6.